The second-order valence-corrected chi connectivity index (χ2v) is 3.16. The van der Waals surface area contributed by atoms with Crippen molar-refractivity contribution in [1.82, 2.24) is 9.78 Å². The second kappa shape index (κ2) is 3.62. The molecule has 0 aliphatic rings. The molecule has 0 amide bonds. The lowest BCUT2D eigenvalue weighted by atomic mass is 10.3. The number of benzene rings is 1. The predicted molar refractivity (Wildman–Crippen MR) is 55.9 cm³/mol. The first-order valence-electron chi connectivity index (χ1n) is 4.51. The van der Waals surface area contributed by atoms with E-state index in [9.17, 15) is 9.90 Å². The van der Waals surface area contributed by atoms with Gasteiger partial charge in [0.1, 0.15) is 5.75 Å². The number of phenolic OH excluding ortho intramolecular Hbond substituents is 1. The molecule has 78 valence electrons. The molecule has 2 rings (SSSR count). The topological polar surface area (TPSA) is 84.0 Å². The first-order chi connectivity index (χ1) is 7.22. The number of nitrogens with one attached hydrogen (secondary N) is 1. The molecule has 2 aromatic rings. The van der Waals surface area contributed by atoms with Gasteiger partial charge in [-0.05, 0) is 12.1 Å². The summed E-state index contributed by atoms with van der Waals surface area (Å²) in [6, 6.07) is 6.43. The lowest BCUT2D eigenvalue weighted by Crippen LogP contribution is -2.18. The van der Waals surface area contributed by atoms with Gasteiger partial charge < -0.3 is 10.8 Å². The van der Waals surface area contributed by atoms with Crippen molar-refractivity contribution in [2.45, 2.75) is 6.54 Å². The fraction of sp³-hybridized carbons (Fsp3) is 0.100. The normalized spacial score (nSPS) is 10.5. The molecule has 0 aliphatic carbocycles. The molecule has 1 aromatic heterocycles. The molecule has 5 heteroatoms. The summed E-state index contributed by atoms with van der Waals surface area (Å²) in [4.78, 5) is 11.7. The van der Waals surface area contributed by atoms with E-state index in [1.807, 2.05) is 0 Å². The Morgan fingerprint density at radius 2 is 2.27 bits per heavy atom. The van der Waals surface area contributed by atoms with E-state index in [0.29, 0.717) is 11.3 Å². The Hall–Kier alpha value is -2.01. The number of aromatic nitrogens is 2. The van der Waals surface area contributed by atoms with Crippen LogP contribution in [0.3, 0.4) is 0 Å². The molecule has 0 atom stereocenters. The minimum atomic E-state index is -0.192. The smallest absolute Gasteiger partial charge is 0.275 e. The van der Waals surface area contributed by atoms with Crippen LogP contribution < -0.4 is 11.3 Å². The first-order valence-corrected chi connectivity index (χ1v) is 4.51. The van der Waals surface area contributed by atoms with Gasteiger partial charge in [-0.15, -0.1) is 0 Å². The molecular weight excluding hydrogens is 194 g/mol. The molecule has 4 N–H and O–H groups in total. The summed E-state index contributed by atoms with van der Waals surface area (Å²) in [5.74, 6) is 0.114. The van der Waals surface area contributed by atoms with E-state index in [1.54, 1.807) is 24.4 Å². The van der Waals surface area contributed by atoms with E-state index in [-0.39, 0.29) is 17.9 Å². The van der Waals surface area contributed by atoms with Crippen molar-refractivity contribution >= 4 is 0 Å². The molecule has 0 aliphatic heterocycles. The van der Waals surface area contributed by atoms with Crippen molar-refractivity contribution in [2.75, 3.05) is 0 Å². The highest BCUT2D eigenvalue weighted by Crippen LogP contribution is 2.12. The number of rotatable bonds is 2. The van der Waals surface area contributed by atoms with Gasteiger partial charge in [0.2, 0.25) is 0 Å². The number of aromatic amines is 1. The largest absolute Gasteiger partial charge is 0.508 e. The van der Waals surface area contributed by atoms with Crippen LogP contribution in [0.4, 0.5) is 0 Å². The van der Waals surface area contributed by atoms with Crippen LogP contribution >= 0.6 is 0 Å². The van der Waals surface area contributed by atoms with Crippen LogP contribution in [0.15, 0.2) is 35.3 Å². The summed E-state index contributed by atoms with van der Waals surface area (Å²) in [6.45, 7) is 0.196. The zero-order valence-electron chi connectivity index (χ0n) is 7.97. The third kappa shape index (κ3) is 1.64. The van der Waals surface area contributed by atoms with Crippen LogP contribution in [0.5, 0.6) is 5.75 Å². The number of H-pyrrole nitrogens is 1. The highest BCUT2D eigenvalue weighted by Gasteiger charge is 2.05. The lowest BCUT2D eigenvalue weighted by molar-refractivity contribution is 0.474. The van der Waals surface area contributed by atoms with Crippen LogP contribution in [-0.2, 0) is 6.54 Å². The van der Waals surface area contributed by atoms with Crippen molar-refractivity contribution in [3.05, 3.63) is 46.4 Å². The molecule has 1 heterocycles. The van der Waals surface area contributed by atoms with Gasteiger partial charge in [-0.2, -0.15) is 0 Å². The Balaban J connectivity index is 2.55. The zero-order valence-corrected chi connectivity index (χ0v) is 7.97. The second-order valence-electron chi connectivity index (χ2n) is 3.16. The third-order valence-corrected chi connectivity index (χ3v) is 2.15. The maximum atomic E-state index is 11.7. The molecule has 0 bridgehead atoms. The predicted octanol–water partition coefficient (Wildman–Crippen LogP) is 0.330. The summed E-state index contributed by atoms with van der Waals surface area (Å²) in [5.41, 5.74) is 6.29. The molecule has 15 heavy (non-hydrogen) atoms. The van der Waals surface area contributed by atoms with Gasteiger partial charge in [0.25, 0.3) is 5.56 Å². The fourth-order valence-corrected chi connectivity index (χ4v) is 1.38. The lowest BCUT2D eigenvalue weighted by Gasteiger charge is -2.01. The monoisotopic (exact) mass is 205 g/mol. The fourth-order valence-electron chi connectivity index (χ4n) is 1.38. The van der Waals surface area contributed by atoms with E-state index in [1.165, 1.54) is 10.7 Å². The molecule has 0 saturated carbocycles. The van der Waals surface area contributed by atoms with E-state index in [2.05, 4.69) is 5.10 Å². The number of phenols is 1. The Kier molecular flexibility index (Phi) is 2.31. The third-order valence-electron chi connectivity index (χ3n) is 2.15. The van der Waals surface area contributed by atoms with Gasteiger partial charge in [-0.3, -0.25) is 9.89 Å². The first kappa shape index (κ1) is 9.54. The maximum Gasteiger partial charge on any atom is 0.275 e. The quantitative estimate of drug-likeness (QED) is 0.660. The van der Waals surface area contributed by atoms with Crippen LogP contribution in [0.25, 0.3) is 5.69 Å². The number of aromatic hydroxyl groups is 1. The average Bonchev–Trinajstić information content (AvgIpc) is 2.59. The zero-order chi connectivity index (χ0) is 10.8. The number of nitrogens with zero attached hydrogens (tertiary/aromatic N) is 1. The number of nitrogens with two attached hydrogens (primary N) is 1. The minimum absolute atomic E-state index is 0.114. The van der Waals surface area contributed by atoms with Crippen molar-refractivity contribution in [1.29, 1.82) is 0 Å². The van der Waals surface area contributed by atoms with Gasteiger partial charge in [-0.25, -0.2) is 4.68 Å². The Bertz CT molecular complexity index is 527. The van der Waals surface area contributed by atoms with Crippen molar-refractivity contribution < 1.29 is 5.11 Å². The van der Waals surface area contributed by atoms with E-state index in [0.717, 1.165) is 0 Å². The molecular formula is C10H11N3O2. The molecule has 1 aromatic carbocycles. The number of hydrogen-bond acceptors (Lipinski definition) is 3. The van der Waals surface area contributed by atoms with E-state index in [4.69, 9.17) is 5.73 Å². The maximum absolute atomic E-state index is 11.7. The molecule has 0 fully saturated rings. The van der Waals surface area contributed by atoms with Gasteiger partial charge in [0, 0.05) is 18.8 Å². The number of hydrogen-bond donors (Lipinski definition) is 3. The minimum Gasteiger partial charge on any atom is -0.508 e. The van der Waals surface area contributed by atoms with Crippen molar-refractivity contribution in [2.24, 2.45) is 5.73 Å². The Morgan fingerprint density at radius 3 is 2.87 bits per heavy atom. The van der Waals surface area contributed by atoms with Crippen molar-refractivity contribution in [3.8, 4) is 11.4 Å². The van der Waals surface area contributed by atoms with E-state index < -0.39 is 0 Å². The molecule has 0 radical (unpaired) electrons. The van der Waals surface area contributed by atoms with Crippen LogP contribution in [0, 0.1) is 0 Å². The average molecular weight is 205 g/mol. The van der Waals surface area contributed by atoms with Gasteiger partial charge in [-0.1, -0.05) is 6.07 Å². The van der Waals surface area contributed by atoms with Gasteiger partial charge >= 0.3 is 0 Å². The van der Waals surface area contributed by atoms with Crippen LogP contribution in [0.1, 0.15) is 5.56 Å². The summed E-state index contributed by atoms with van der Waals surface area (Å²) in [5, 5.41) is 12.1. The van der Waals surface area contributed by atoms with Crippen LogP contribution in [0.2, 0.25) is 0 Å². The summed E-state index contributed by atoms with van der Waals surface area (Å²) in [6.07, 6.45) is 1.56. The highest BCUT2D eigenvalue weighted by atomic mass is 16.3. The molecule has 0 unspecified atom stereocenters. The molecule has 0 spiro atoms. The van der Waals surface area contributed by atoms with Crippen molar-refractivity contribution in [3.63, 3.8) is 0 Å². The Morgan fingerprint density at radius 1 is 1.47 bits per heavy atom. The molecule has 5 nitrogen and oxygen atoms in total. The van der Waals surface area contributed by atoms with Crippen LogP contribution in [-0.4, -0.2) is 14.9 Å². The summed E-state index contributed by atoms with van der Waals surface area (Å²) >= 11 is 0. The summed E-state index contributed by atoms with van der Waals surface area (Å²) in [7, 11) is 0. The van der Waals surface area contributed by atoms with E-state index >= 15 is 0 Å². The standard InChI is InChI=1S/C10H11N3O2/c11-5-7-6-12-13(10(7)15)8-2-1-3-9(14)4-8/h1-4,6,12,14H,5,11H2. The van der Waals surface area contributed by atoms with Gasteiger partial charge in [0.15, 0.2) is 0 Å². The highest BCUT2D eigenvalue weighted by molar-refractivity contribution is 5.38. The Labute approximate surface area is 85.8 Å². The summed E-state index contributed by atoms with van der Waals surface area (Å²) < 4.78 is 1.34. The molecule has 0 saturated heterocycles. The SMILES string of the molecule is NCc1c[nH]n(-c2cccc(O)c2)c1=O. The van der Waals surface area contributed by atoms with Gasteiger partial charge in [0.05, 0.1) is 11.3 Å².